The lowest BCUT2D eigenvalue weighted by molar-refractivity contribution is 0.0599. The van der Waals surface area contributed by atoms with Gasteiger partial charge in [0.2, 0.25) is 0 Å². The van der Waals surface area contributed by atoms with Crippen LogP contribution in [-0.2, 0) is 4.74 Å². The van der Waals surface area contributed by atoms with Crippen LogP contribution in [0.1, 0.15) is 58.0 Å². The van der Waals surface area contributed by atoms with Gasteiger partial charge in [0, 0.05) is 67.0 Å². The fourth-order valence-electron chi connectivity index (χ4n) is 5.47. The van der Waals surface area contributed by atoms with Crippen LogP contribution < -0.4 is 11.6 Å². The van der Waals surface area contributed by atoms with Crippen LogP contribution >= 0.6 is 0 Å². The lowest BCUT2D eigenvalue weighted by Gasteiger charge is -2.26. The molecule has 2 fully saturated rings. The normalized spacial score (nSPS) is 19.2. The molecule has 2 aliphatic rings. The largest absolute Gasteiger partial charge is 0.465 e. The molecule has 3 aromatic rings. The smallest absolute Gasteiger partial charge is 0.339 e. The molecule has 8 nitrogen and oxygen atoms in total. The number of hydrogen-bond acceptors (Lipinski definition) is 6. The van der Waals surface area contributed by atoms with Gasteiger partial charge in [-0.05, 0) is 67.1 Å². The number of allylic oxidation sites excluding steroid dienone is 1. The molecule has 2 heterocycles. The number of carbonyl (C=O) groups is 2. The lowest BCUT2D eigenvalue weighted by atomic mass is 10.0. The number of esters is 1. The van der Waals surface area contributed by atoms with Gasteiger partial charge in [0.15, 0.2) is 0 Å². The second-order valence-electron chi connectivity index (χ2n) is 10.2. The molecule has 8 heteroatoms. The van der Waals surface area contributed by atoms with Crippen LogP contribution in [0.2, 0.25) is 0 Å². The van der Waals surface area contributed by atoms with Crippen molar-refractivity contribution in [3.63, 3.8) is 0 Å². The highest BCUT2D eigenvalue weighted by Gasteiger charge is 2.44. The summed E-state index contributed by atoms with van der Waals surface area (Å²) in [6.07, 6.45) is 7.75. The molecule has 5 rings (SSSR count). The minimum atomic E-state index is -0.372. The summed E-state index contributed by atoms with van der Waals surface area (Å²) in [4.78, 5) is 27.7. The molecule has 1 saturated carbocycles. The molecular formula is C30H35N5O3. The Labute approximate surface area is 223 Å². The van der Waals surface area contributed by atoms with Crippen LogP contribution in [-0.4, -0.2) is 53.6 Å². The number of benzene rings is 2. The summed E-state index contributed by atoms with van der Waals surface area (Å²) in [5, 5.41) is 1.44. The summed E-state index contributed by atoms with van der Waals surface area (Å²) in [5.41, 5.74) is 12.0. The first-order valence-electron chi connectivity index (χ1n) is 13.1. The summed E-state index contributed by atoms with van der Waals surface area (Å²) in [5.74, 6) is 5.65. The number of nitrogens with two attached hydrogens (primary N) is 2. The highest BCUT2D eigenvalue weighted by Crippen LogP contribution is 2.52. The molecule has 1 aliphatic heterocycles. The number of amides is 1. The van der Waals surface area contributed by atoms with Crippen molar-refractivity contribution in [2.24, 2.45) is 17.5 Å². The monoisotopic (exact) mass is 513 g/mol. The summed E-state index contributed by atoms with van der Waals surface area (Å²) >= 11 is 0. The third-order valence-corrected chi connectivity index (χ3v) is 7.46. The Morgan fingerprint density at radius 1 is 1.03 bits per heavy atom. The first-order chi connectivity index (χ1) is 18.4. The third kappa shape index (κ3) is 5.17. The van der Waals surface area contributed by atoms with E-state index in [9.17, 15) is 9.59 Å². The molecule has 198 valence electrons. The number of hydrogen-bond donors (Lipinski definition) is 2. The Hall–Kier alpha value is -4.04. The highest BCUT2D eigenvalue weighted by atomic mass is 16.5. The SMILES string of the molecule is COC(=O)c1ccn(-c2cccc(-c3cccc(C(=O)N4CCCCC4)c3)c2)c1[C@@H]1CC1/C(N)=C/N(C)N. The van der Waals surface area contributed by atoms with Crippen LogP contribution in [0, 0.1) is 5.92 Å². The summed E-state index contributed by atoms with van der Waals surface area (Å²) < 4.78 is 7.12. The van der Waals surface area contributed by atoms with Crippen molar-refractivity contribution in [3.05, 3.63) is 89.5 Å². The number of nitrogens with zero attached hydrogens (tertiary/aromatic N) is 3. The first kappa shape index (κ1) is 25.6. The van der Waals surface area contributed by atoms with Crippen LogP contribution in [0.25, 0.3) is 16.8 Å². The Morgan fingerprint density at radius 2 is 1.74 bits per heavy atom. The van der Waals surface area contributed by atoms with Gasteiger partial charge in [-0.3, -0.25) is 4.79 Å². The Bertz CT molecular complexity index is 1370. The van der Waals surface area contributed by atoms with Gasteiger partial charge in [0.1, 0.15) is 0 Å². The molecular weight excluding hydrogens is 478 g/mol. The molecule has 1 unspecified atom stereocenters. The van der Waals surface area contributed by atoms with E-state index in [4.69, 9.17) is 16.3 Å². The zero-order valence-electron chi connectivity index (χ0n) is 22.0. The minimum Gasteiger partial charge on any atom is -0.465 e. The maximum absolute atomic E-state index is 13.1. The Balaban J connectivity index is 1.48. The van der Waals surface area contributed by atoms with E-state index in [0.717, 1.165) is 54.9 Å². The average molecular weight is 514 g/mol. The van der Waals surface area contributed by atoms with Gasteiger partial charge in [-0.1, -0.05) is 24.3 Å². The lowest BCUT2D eigenvalue weighted by Crippen LogP contribution is -2.35. The van der Waals surface area contributed by atoms with E-state index < -0.39 is 0 Å². The summed E-state index contributed by atoms with van der Waals surface area (Å²) in [6, 6.07) is 17.8. The van der Waals surface area contributed by atoms with Crippen molar-refractivity contribution in [3.8, 4) is 16.8 Å². The van der Waals surface area contributed by atoms with E-state index in [1.54, 1.807) is 19.3 Å². The molecule has 1 amide bonds. The van der Waals surface area contributed by atoms with Gasteiger partial charge >= 0.3 is 5.97 Å². The summed E-state index contributed by atoms with van der Waals surface area (Å²) in [6.45, 7) is 1.64. The molecule has 2 aromatic carbocycles. The van der Waals surface area contributed by atoms with Gasteiger partial charge in [-0.15, -0.1) is 0 Å². The first-order valence-corrected chi connectivity index (χ1v) is 13.1. The van der Waals surface area contributed by atoms with Crippen molar-refractivity contribution >= 4 is 11.9 Å². The number of rotatable bonds is 7. The van der Waals surface area contributed by atoms with E-state index in [2.05, 4.69) is 6.07 Å². The van der Waals surface area contributed by atoms with Crippen LogP contribution in [0.4, 0.5) is 0 Å². The van der Waals surface area contributed by atoms with Gasteiger partial charge in [0.05, 0.1) is 12.7 Å². The van der Waals surface area contributed by atoms with Crippen molar-refractivity contribution in [1.29, 1.82) is 0 Å². The maximum Gasteiger partial charge on any atom is 0.339 e. The number of carbonyl (C=O) groups excluding carboxylic acids is 2. The second-order valence-corrected chi connectivity index (χ2v) is 10.2. The topological polar surface area (TPSA) is 107 Å². The van der Waals surface area contributed by atoms with E-state index in [-0.39, 0.29) is 23.7 Å². The fourth-order valence-corrected chi connectivity index (χ4v) is 5.47. The number of aromatic nitrogens is 1. The maximum atomic E-state index is 13.1. The standard InChI is InChI=1S/C30H35N5O3/c1-33(32)19-27(31)25-18-26(25)28-24(30(37)38-2)12-15-35(28)23-11-7-9-21(17-23)20-8-6-10-22(16-20)29(36)34-13-4-3-5-14-34/h6-12,15-17,19,25-26H,3-5,13-14,18,31-32H2,1-2H3/b27-19-/t25?,26-/m1/s1. The van der Waals surface area contributed by atoms with E-state index in [1.165, 1.54) is 18.5 Å². The third-order valence-electron chi connectivity index (χ3n) is 7.46. The molecule has 0 radical (unpaired) electrons. The van der Waals surface area contributed by atoms with Crippen molar-refractivity contribution in [2.45, 2.75) is 31.6 Å². The van der Waals surface area contributed by atoms with Gasteiger partial charge in [-0.25, -0.2) is 10.6 Å². The molecule has 38 heavy (non-hydrogen) atoms. The number of ether oxygens (including phenoxy) is 1. The van der Waals surface area contributed by atoms with Crippen molar-refractivity contribution in [1.82, 2.24) is 14.5 Å². The van der Waals surface area contributed by atoms with Gasteiger partial charge in [-0.2, -0.15) is 0 Å². The molecule has 1 saturated heterocycles. The van der Waals surface area contributed by atoms with E-state index >= 15 is 0 Å². The zero-order chi connectivity index (χ0) is 26.8. The molecule has 4 N–H and O–H groups in total. The van der Waals surface area contributed by atoms with E-state index in [0.29, 0.717) is 16.8 Å². The van der Waals surface area contributed by atoms with Crippen LogP contribution in [0.15, 0.2) is 72.7 Å². The number of hydrazine groups is 1. The molecule has 1 aliphatic carbocycles. The highest BCUT2D eigenvalue weighted by molar-refractivity contribution is 5.95. The zero-order valence-corrected chi connectivity index (χ0v) is 22.0. The number of likely N-dealkylation sites (tertiary alicyclic amines) is 1. The number of methoxy groups -OCH3 is 1. The van der Waals surface area contributed by atoms with E-state index in [1.807, 2.05) is 58.1 Å². The quantitative estimate of drug-likeness (QED) is 0.278. The fraction of sp³-hybridized carbons (Fsp3) is 0.333. The minimum absolute atomic E-state index is 0.0736. The van der Waals surface area contributed by atoms with Gasteiger partial charge < -0.3 is 24.9 Å². The van der Waals surface area contributed by atoms with Gasteiger partial charge in [0.25, 0.3) is 5.91 Å². The number of piperidine rings is 1. The Kier molecular flexibility index (Phi) is 7.24. The predicted octanol–water partition coefficient (Wildman–Crippen LogP) is 4.27. The summed E-state index contributed by atoms with van der Waals surface area (Å²) in [7, 11) is 3.12. The molecule has 2 atom stereocenters. The Morgan fingerprint density at radius 3 is 2.45 bits per heavy atom. The average Bonchev–Trinajstić information content (AvgIpc) is 3.62. The molecule has 0 spiro atoms. The van der Waals surface area contributed by atoms with Crippen LogP contribution in [0.3, 0.4) is 0 Å². The van der Waals surface area contributed by atoms with Crippen molar-refractivity contribution < 1.29 is 14.3 Å². The molecule has 1 aromatic heterocycles. The van der Waals surface area contributed by atoms with Crippen LogP contribution in [0.5, 0.6) is 0 Å². The molecule has 0 bridgehead atoms. The second kappa shape index (κ2) is 10.8. The van der Waals surface area contributed by atoms with Crippen molar-refractivity contribution in [2.75, 3.05) is 27.2 Å². The predicted molar refractivity (Wildman–Crippen MR) is 147 cm³/mol.